The number of aliphatic hydroxyl groups is 1. The second-order valence-corrected chi connectivity index (χ2v) is 11.8. The second-order valence-electron chi connectivity index (χ2n) is 11.8. The zero-order valence-corrected chi connectivity index (χ0v) is 23.2. The maximum Gasteiger partial charge on any atom is 0.309 e. The number of carbonyl (C=O) groups is 1. The van der Waals surface area contributed by atoms with E-state index in [1.165, 1.54) is 51.3 Å². The van der Waals surface area contributed by atoms with Crippen molar-refractivity contribution < 1.29 is 19.7 Å². The van der Waals surface area contributed by atoms with Crippen molar-refractivity contribution >= 4 is 5.97 Å². The molecule has 3 N–H and O–H groups in total. The van der Waals surface area contributed by atoms with Crippen LogP contribution in [0, 0.1) is 17.2 Å². The number of benzene rings is 2. The molecule has 1 spiro atoms. The van der Waals surface area contributed by atoms with Gasteiger partial charge in [-0.1, -0.05) is 36.8 Å². The fourth-order valence-corrected chi connectivity index (χ4v) is 6.54. The minimum absolute atomic E-state index is 0.217. The highest BCUT2D eigenvalue weighted by Gasteiger charge is 2.48. The molecule has 212 valence electrons. The molecule has 2 aliphatic heterocycles. The van der Waals surface area contributed by atoms with Crippen LogP contribution in [0.25, 0.3) is 11.1 Å². The lowest BCUT2D eigenvalue weighted by atomic mass is 9.89. The number of hydrogen-bond donors (Lipinski definition) is 3. The van der Waals surface area contributed by atoms with E-state index in [9.17, 15) is 25.1 Å². The highest BCUT2D eigenvalue weighted by atomic mass is 16.5. The third-order valence-corrected chi connectivity index (χ3v) is 9.26. The number of likely N-dealkylation sites (tertiary alicyclic amines) is 1. The van der Waals surface area contributed by atoms with E-state index in [0.717, 1.165) is 48.2 Å². The predicted molar refractivity (Wildman–Crippen MR) is 153 cm³/mol. The van der Waals surface area contributed by atoms with Gasteiger partial charge in [-0.05, 0) is 85.9 Å². The van der Waals surface area contributed by atoms with Crippen molar-refractivity contribution in [2.45, 2.75) is 76.2 Å². The molecule has 0 amide bonds. The van der Waals surface area contributed by atoms with Crippen molar-refractivity contribution in [3.63, 3.8) is 0 Å². The summed E-state index contributed by atoms with van der Waals surface area (Å²) in [5.41, 5.74) is 5.65. The Kier molecular flexibility index (Phi) is 7.18. The highest BCUT2D eigenvalue weighted by molar-refractivity contribution is 5.73. The number of rotatable bonds is 7. The molecule has 3 heterocycles. The van der Waals surface area contributed by atoms with E-state index < -0.39 is 18.0 Å². The number of fused-ring (bicyclic) bond motifs is 1. The Morgan fingerprint density at radius 1 is 1.17 bits per heavy atom. The lowest BCUT2D eigenvalue weighted by Gasteiger charge is -2.37. The number of nitriles is 1. The molecule has 0 bridgehead atoms. The summed E-state index contributed by atoms with van der Waals surface area (Å²) in [7, 11) is 0. The van der Waals surface area contributed by atoms with E-state index in [1.54, 1.807) is 12.1 Å². The number of carboxylic acids is 1. The molecule has 3 atom stereocenters. The number of aromatic amines is 1. The number of ether oxygens (including phenoxy) is 1. The normalized spacial score (nSPS) is 20.9. The number of aliphatic carboxylic acids is 1. The SMILES string of the molecule is C[C@H](C(=O)O)[C@@H](O)c1ccc2c(c1)OC(c1ccc(-c3cc(=O)[nH]cc3C#N)c(CN3CCCCC34CC4)c1)CC2. The Labute approximate surface area is 239 Å². The van der Waals surface area contributed by atoms with E-state index in [1.807, 2.05) is 18.2 Å². The summed E-state index contributed by atoms with van der Waals surface area (Å²) in [4.78, 5) is 28.9. The number of hydrogen-bond acceptors (Lipinski definition) is 6. The van der Waals surface area contributed by atoms with Gasteiger partial charge >= 0.3 is 5.97 Å². The first-order valence-corrected chi connectivity index (χ1v) is 14.5. The Morgan fingerprint density at radius 3 is 2.76 bits per heavy atom. The molecule has 8 heteroatoms. The zero-order chi connectivity index (χ0) is 28.7. The van der Waals surface area contributed by atoms with Gasteiger partial charge in [0.05, 0.1) is 17.6 Å². The molecular weight excluding hydrogens is 518 g/mol. The fourth-order valence-electron chi connectivity index (χ4n) is 6.54. The first-order valence-electron chi connectivity index (χ1n) is 14.5. The maximum atomic E-state index is 12.3. The Balaban J connectivity index is 1.35. The minimum Gasteiger partial charge on any atom is -0.485 e. The summed E-state index contributed by atoms with van der Waals surface area (Å²) in [6.45, 7) is 3.27. The smallest absolute Gasteiger partial charge is 0.309 e. The first-order chi connectivity index (χ1) is 19.8. The van der Waals surface area contributed by atoms with E-state index in [-0.39, 0.29) is 17.2 Å². The summed E-state index contributed by atoms with van der Waals surface area (Å²) in [5, 5.41) is 29.7. The van der Waals surface area contributed by atoms with Gasteiger partial charge in [-0.25, -0.2) is 0 Å². The van der Waals surface area contributed by atoms with Crippen molar-refractivity contribution in [3.8, 4) is 22.9 Å². The lowest BCUT2D eigenvalue weighted by Crippen LogP contribution is -2.40. The van der Waals surface area contributed by atoms with Gasteiger partial charge in [0, 0.05) is 29.9 Å². The number of nitrogens with zero attached hydrogens (tertiary/aromatic N) is 2. The molecule has 3 aliphatic rings. The van der Waals surface area contributed by atoms with Gasteiger partial charge in [0.1, 0.15) is 17.9 Å². The van der Waals surface area contributed by atoms with Crippen LogP contribution in [0.4, 0.5) is 0 Å². The van der Waals surface area contributed by atoms with Crippen LogP contribution in [0.5, 0.6) is 5.75 Å². The van der Waals surface area contributed by atoms with Gasteiger partial charge in [0.25, 0.3) is 0 Å². The molecule has 0 radical (unpaired) electrons. The van der Waals surface area contributed by atoms with Gasteiger partial charge < -0.3 is 19.9 Å². The molecule has 1 unspecified atom stereocenters. The Morgan fingerprint density at radius 2 is 2.00 bits per heavy atom. The van der Waals surface area contributed by atoms with Crippen molar-refractivity contribution in [1.29, 1.82) is 5.26 Å². The van der Waals surface area contributed by atoms with Gasteiger partial charge in [0.2, 0.25) is 5.56 Å². The van der Waals surface area contributed by atoms with Crippen molar-refractivity contribution in [3.05, 3.63) is 86.8 Å². The largest absolute Gasteiger partial charge is 0.485 e. The lowest BCUT2D eigenvalue weighted by molar-refractivity contribution is -0.145. The monoisotopic (exact) mass is 553 g/mol. The van der Waals surface area contributed by atoms with Crippen LogP contribution >= 0.6 is 0 Å². The summed E-state index contributed by atoms with van der Waals surface area (Å²) in [6, 6.07) is 15.4. The molecule has 1 aliphatic carbocycles. The van der Waals surface area contributed by atoms with Crippen LogP contribution in [-0.2, 0) is 17.8 Å². The van der Waals surface area contributed by atoms with Crippen LogP contribution in [0.1, 0.15) is 85.5 Å². The maximum absolute atomic E-state index is 12.3. The van der Waals surface area contributed by atoms with Crippen LogP contribution in [0.15, 0.2) is 53.5 Å². The number of pyridine rings is 1. The summed E-state index contributed by atoms with van der Waals surface area (Å²) < 4.78 is 6.48. The quantitative estimate of drug-likeness (QED) is 0.365. The zero-order valence-electron chi connectivity index (χ0n) is 23.2. The number of H-pyrrole nitrogens is 1. The third kappa shape index (κ3) is 5.28. The second kappa shape index (κ2) is 10.8. The van der Waals surface area contributed by atoms with Gasteiger partial charge in [-0.15, -0.1) is 0 Å². The van der Waals surface area contributed by atoms with Crippen LogP contribution in [0.3, 0.4) is 0 Å². The summed E-state index contributed by atoms with van der Waals surface area (Å²) >= 11 is 0. The average Bonchev–Trinajstić information content (AvgIpc) is 3.76. The van der Waals surface area contributed by atoms with E-state index in [2.05, 4.69) is 22.0 Å². The average molecular weight is 554 g/mol. The van der Waals surface area contributed by atoms with Crippen molar-refractivity contribution in [2.24, 2.45) is 5.92 Å². The Hall–Kier alpha value is -3.93. The number of aliphatic hydroxyl groups excluding tert-OH is 1. The van der Waals surface area contributed by atoms with Gasteiger partial charge in [-0.3, -0.25) is 14.5 Å². The number of aryl methyl sites for hydroxylation is 1. The van der Waals surface area contributed by atoms with Crippen LogP contribution < -0.4 is 10.3 Å². The minimum atomic E-state index is -1.13. The highest BCUT2D eigenvalue weighted by Crippen LogP contribution is 2.49. The summed E-state index contributed by atoms with van der Waals surface area (Å²) in [6.07, 6.45) is 7.79. The molecule has 1 aromatic heterocycles. The molecule has 1 saturated heterocycles. The molecule has 41 heavy (non-hydrogen) atoms. The third-order valence-electron chi connectivity index (χ3n) is 9.26. The standard InChI is InChI=1S/C33H35N3O5/c1-20(32(39)40)31(38)23-5-4-21-7-9-28(41-29(21)15-23)22-6-8-26(27-16-30(37)35-18-25(27)17-34)24(14-22)19-36-13-3-2-10-33(36)11-12-33/h4-6,8,14-16,18,20,28,31,38H,2-3,7,9-13,19H2,1H3,(H,35,37)(H,39,40)/t20-,28?,31+/m0/s1. The number of carboxylic acid groups (broad SMARTS) is 1. The van der Waals surface area contributed by atoms with Gasteiger partial charge in [-0.2, -0.15) is 5.26 Å². The van der Waals surface area contributed by atoms with Gasteiger partial charge in [0.15, 0.2) is 0 Å². The molecular formula is C33H35N3O5. The number of piperidine rings is 1. The van der Waals surface area contributed by atoms with E-state index >= 15 is 0 Å². The molecule has 2 fully saturated rings. The van der Waals surface area contributed by atoms with Crippen LogP contribution in [0.2, 0.25) is 0 Å². The summed E-state index contributed by atoms with van der Waals surface area (Å²) in [5.74, 6) is -1.32. The molecule has 3 aromatic rings. The molecule has 8 nitrogen and oxygen atoms in total. The van der Waals surface area contributed by atoms with E-state index in [0.29, 0.717) is 22.4 Å². The fraction of sp³-hybridized carbons (Fsp3) is 0.424. The molecule has 6 rings (SSSR count). The number of aromatic nitrogens is 1. The first kappa shape index (κ1) is 27.3. The number of nitrogens with one attached hydrogen (secondary N) is 1. The predicted octanol–water partition coefficient (Wildman–Crippen LogP) is 5.25. The molecule has 2 aromatic carbocycles. The Bertz CT molecular complexity index is 1580. The topological polar surface area (TPSA) is 127 Å². The van der Waals surface area contributed by atoms with Crippen molar-refractivity contribution in [2.75, 3.05) is 6.54 Å². The van der Waals surface area contributed by atoms with E-state index in [4.69, 9.17) is 4.74 Å². The van der Waals surface area contributed by atoms with Crippen LogP contribution in [-0.4, -0.2) is 38.1 Å². The molecule has 1 saturated carbocycles. The van der Waals surface area contributed by atoms with Crippen molar-refractivity contribution in [1.82, 2.24) is 9.88 Å².